The van der Waals surface area contributed by atoms with Gasteiger partial charge in [0.15, 0.2) is 0 Å². The molecule has 0 bridgehead atoms. The van der Waals surface area contributed by atoms with Crippen molar-refractivity contribution < 1.29 is 19.2 Å². The van der Waals surface area contributed by atoms with Crippen molar-refractivity contribution in [2.75, 3.05) is 5.32 Å². The Morgan fingerprint density at radius 2 is 2.05 bits per heavy atom. The molecule has 0 fully saturated rings. The maximum absolute atomic E-state index is 13.6. The number of anilines is 1. The molecule has 0 aromatic heterocycles. The van der Waals surface area contributed by atoms with E-state index in [4.69, 9.17) is 5.11 Å². The van der Waals surface area contributed by atoms with Gasteiger partial charge in [0.2, 0.25) is 0 Å². The molecule has 0 aliphatic rings. The first-order chi connectivity index (χ1) is 9.97. The third kappa shape index (κ3) is 3.53. The van der Waals surface area contributed by atoms with Crippen molar-refractivity contribution in [3.63, 3.8) is 0 Å². The SMILES string of the molecule is O=C(O)c1ccc(F)c(NCc2cccc([N+](=O)[O-])c2)c1. The van der Waals surface area contributed by atoms with E-state index in [0.717, 1.165) is 12.1 Å². The molecule has 2 aromatic carbocycles. The van der Waals surface area contributed by atoms with Crippen LogP contribution >= 0.6 is 0 Å². The van der Waals surface area contributed by atoms with Crippen molar-refractivity contribution in [1.29, 1.82) is 0 Å². The largest absolute Gasteiger partial charge is 0.478 e. The van der Waals surface area contributed by atoms with Gasteiger partial charge in [0.25, 0.3) is 5.69 Å². The van der Waals surface area contributed by atoms with Crippen LogP contribution in [0.1, 0.15) is 15.9 Å². The number of carboxylic acids is 1. The highest BCUT2D eigenvalue weighted by Crippen LogP contribution is 2.19. The van der Waals surface area contributed by atoms with Gasteiger partial charge in [-0.3, -0.25) is 10.1 Å². The van der Waals surface area contributed by atoms with E-state index in [1.807, 2.05) is 0 Å². The minimum atomic E-state index is -1.16. The molecule has 0 unspecified atom stereocenters. The lowest BCUT2D eigenvalue weighted by Gasteiger charge is -2.08. The number of carboxylic acid groups (broad SMARTS) is 1. The third-order valence-electron chi connectivity index (χ3n) is 2.82. The first-order valence-corrected chi connectivity index (χ1v) is 5.97. The number of hydrogen-bond donors (Lipinski definition) is 2. The van der Waals surface area contributed by atoms with Gasteiger partial charge in [0.1, 0.15) is 5.82 Å². The molecule has 0 aliphatic carbocycles. The molecular weight excluding hydrogens is 279 g/mol. The molecule has 0 saturated heterocycles. The van der Waals surface area contributed by atoms with Crippen molar-refractivity contribution in [2.24, 2.45) is 0 Å². The summed E-state index contributed by atoms with van der Waals surface area (Å²) in [6, 6.07) is 9.30. The average Bonchev–Trinajstić information content (AvgIpc) is 2.46. The Kier molecular flexibility index (Phi) is 4.13. The zero-order valence-corrected chi connectivity index (χ0v) is 10.7. The maximum Gasteiger partial charge on any atom is 0.335 e. The minimum Gasteiger partial charge on any atom is -0.478 e. The molecule has 7 heteroatoms. The molecule has 2 aromatic rings. The summed E-state index contributed by atoms with van der Waals surface area (Å²) in [5, 5.41) is 22.2. The predicted octanol–water partition coefficient (Wildman–Crippen LogP) is 3.04. The van der Waals surface area contributed by atoms with Gasteiger partial charge < -0.3 is 10.4 Å². The zero-order valence-electron chi connectivity index (χ0n) is 10.7. The molecule has 0 radical (unpaired) electrons. The van der Waals surface area contributed by atoms with Gasteiger partial charge in [0.05, 0.1) is 16.2 Å². The number of benzene rings is 2. The second kappa shape index (κ2) is 6.00. The predicted molar refractivity (Wildman–Crippen MR) is 73.8 cm³/mol. The lowest BCUT2D eigenvalue weighted by molar-refractivity contribution is -0.384. The normalized spacial score (nSPS) is 10.1. The Morgan fingerprint density at radius 1 is 1.29 bits per heavy atom. The topological polar surface area (TPSA) is 92.5 Å². The van der Waals surface area contributed by atoms with Crippen molar-refractivity contribution in [3.8, 4) is 0 Å². The van der Waals surface area contributed by atoms with E-state index < -0.39 is 16.7 Å². The van der Waals surface area contributed by atoms with Crippen LogP contribution in [0.15, 0.2) is 42.5 Å². The number of aromatic carboxylic acids is 1. The molecule has 108 valence electrons. The van der Waals surface area contributed by atoms with Crippen LogP contribution in [0.2, 0.25) is 0 Å². The zero-order chi connectivity index (χ0) is 15.4. The third-order valence-corrected chi connectivity index (χ3v) is 2.82. The molecule has 0 aliphatic heterocycles. The number of nitrogens with zero attached hydrogens (tertiary/aromatic N) is 1. The summed E-state index contributed by atoms with van der Waals surface area (Å²) in [6.07, 6.45) is 0. The van der Waals surface area contributed by atoms with E-state index >= 15 is 0 Å². The molecule has 0 heterocycles. The minimum absolute atomic E-state index is 0.0291. The van der Waals surface area contributed by atoms with E-state index in [9.17, 15) is 19.3 Å². The number of nitrogens with one attached hydrogen (secondary N) is 1. The van der Waals surface area contributed by atoms with E-state index in [1.165, 1.54) is 24.3 Å². The van der Waals surface area contributed by atoms with E-state index in [-0.39, 0.29) is 23.5 Å². The number of rotatable bonds is 5. The highest BCUT2D eigenvalue weighted by molar-refractivity contribution is 5.88. The van der Waals surface area contributed by atoms with Gasteiger partial charge in [-0.1, -0.05) is 12.1 Å². The number of nitro benzene ring substituents is 1. The molecule has 0 saturated carbocycles. The van der Waals surface area contributed by atoms with Gasteiger partial charge in [0, 0.05) is 18.7 Å². The molecule has 0 spiro atoms. The molecular formula is C14H11FN2O4. The quantitative estimate of drug-likeness (QED) is 0.652. The summed E-state index contributed by atoms with van der Waals surface area (Å²) in [4.78, 5) is 21.0. The Hall–Kier alpha value is -2.96. The van der Waals surface area contributed by atoms with Crippen molar-refractivity contribution in [1.82, 2.24) is 0 Å². The van der Waals surface area contributed by atoms with Crippen LogP contribution in [0.3, 0.4) is 0 Å². The monoisotopic (exact) mass is 290 g/mol. The summed E-state index contributed by atoms with van der Waals surface area (Å²) >= 11 is 0. The number of non-ortho nitro benzene ring substituents is 1. The molecule has 0 atom stereocenters. The Labute approximate surface area is 119 Å². The van der Waals surface area contributed by atoms with E-state index in [1.54, 1.807) is 6.07 Å². The molecule has 0 amide bonds. The van der Waals surface area contributed by atoms with Crippen LogP contribution in [-0.2, 0) is 6.54 Å². The number of carbonyl (C=O) groups is 1. The molecule has 2 N–H and O–H groups in total. The average molecular weight is 290 g/mol. The number of nitro groups is 1. The van der Waals surface area contributed by atoms with Crippen LogP contribution in [0.4, 0.5) is 15.8 Å². The van der Waals surface area contributed by atoms with E-state index in [2.05, 4.69) is 5.32 Å². The van der Waals surface area contributed by atoms with Gasteiger partial charge in [-0.15, -0.1) is 0 Å². The van der Waals surface area contributed by atoms with Gasteiger partial charge in [-0.05, 0) is 23.8 Å². The fourth-order valence-electron chi connectivity index (χ4n) is 1.77. The van der Waals surface area contributed by atoms with E-state index in [0.29, 0.717) is 5.56 Å². The first kappa shape index (κ1) is 14.4. The Balaban J connectivity index is 2.16. The highest BCUT2D eigenvalue weighted by Gasteiger charge is 2.09. The van der Waals surface area contributed by atoms with Crippen molar-refractivity contribution in [3.05, 3.63) is 69.5 Å². The number of halogens is 1. The van der Waals surface area contributed by atoms with Crippen molar-refractivity contribution >= 4 is 17.3 Å². The molecule has 2 rings (SSSR count). The second-order valence-corrected chi connectivity index (χ2v) is 4.28. The second-order valence-electron chi connectivity index (χ2n) is 4.28. The lowest BCUT2D eigenvalue weighted by Crippen LogP contribution is -2.04. The maximum atomic E-state index is 13.6. The fourth-order valence-corrected chi connectivity index (χ4v) is 1.77. The van der Waals surface area contributed by atoms with Crippen LogP contribution in [-0.4, -0.2) is 16.0 Å². The van der Waals surface area contributed by atoms with Crippen molar-refractivity contribution in [2.45, 2.75) is 6.54 Å². The summed E-state index contributed by atoms with van der Waals surface area (Å²) in [6.45, 7) is 0.141. The molecule has 6 nitrogen and oxygen atoms in total. The van der Waals surface area contributed by atoms with Crippen LogP contribution < -0.4 is 5.32 Å². The summed E-state index contributed by atoms with van der Waals surface area (Å²) < 4.78 is 13.6. The summed E-state index contributed by atoms with van der Waals surface area (Å²) in [5.74, 6) is -1.75. The first-order valence-electron chi connectivity index (χ1n) is 5.97. The van der Waals surface area contributed by atoms with Crippen LogP contribution in [0, 0.1) is 15.9 Å². The standard InChI is InChI=1S/C14H11FN2O4/c15-12-5-4-10(14(18)19)7-13(12)16-8-9-2-1-3-11(6-9)17(20)21/h1-7,16H,8H2,(H,18,19). The summed E-state index contributed by atoms with van der Waals surface area (Å²) in [7, 11) is 0. The van der Waals surface area contributed by atoms with Crippen LogP contribution in [0.5, 0.6) is 0 Å². The smallest absolute Gasteiger partial charge is 0.335 e. The Bertz CT molecular complexity index is 703. The number of hydrogen-bond acceptors (Lipinski definition) is 4. The van der Waals surface area contributed by atoms with Gasteiger partial charge in [-0.2, -0.15) is 0 Å². The van der Waals surface area contributed by atoms with Gasteiger partial charge in [-0.25, -0.2) is 9.18 Å². The fraction of sp³-hybridized carbons (Fsp3) is 0.0714. The van der Waals surface area contributed by atoms with Gasteiger partial charge >= 0.3 is 5.97 Å². The Morgan fingerprint density at radius 3 is 2.71 bits per heavy atom. The highest BCUT2D eigenvalue weighted by atomic mass is 19.1. The summed E-state index contributed by atoms with van der Waals surface area (Å²) in [5.41, 5.74) is 0.512. The lowest BCUT2D eigenvalue weighted by atomic mass is 10.1. The van der Waals surface area contributed by atoms with Crippen LogP contribution in [0.25, 0.3) is 0 Å². The molecule has 21 heavy (non-hydrogen) atoms.